The molecule has 0 radical (unpaired) electrons. The fraction of sp³-hybridized carbons (Fsp3) is 0.600. The SMILES string of the molecule is OB(O)c1sccc1C1CCCCC1. The zero-order chi connectivity index (χ0) is 9.97. The molecular formula is C10H15BO2S. The highest BCUT2D eigenvalue weighted by molar-refractivity contribution is 7.20. The number of rotatable bonds is 2. The van der Waals surface area contributed by atoms with Gasteiger partial charge in [0, 0.05) is 4.78 Å². The van der Waals surface area contributed by atoms with Gasteiger partial charge in [0.1, 0.15) is 0 Å². The summed E-state index contributed by atoms with van der Waals surface area (Å²) in [6, 6.07) is 2.05. The lowest BCUT2D eigenvalue weighted by atomic mass is 9.77. The predicted molar refractivity (Wildman–Crippen MR) is 60.0 cm³/mol. The van der Waals surface area contributed by atoms with Crippen molar-refractivity contribution >= 4 is 23.2 Å². The average molecular weight is 210 g/mol. The minimum atomic E-state index is -1.29. The van der Waals surface area contributed by atoms with Crippen LogP contribution in [0.25, 0.3) is 0 Å². The molecule has 0 amide bonds. The Morgan fingerprint density at radius 1 is 1.21 bits per heavy atom. The minimum absolute atomic E-state index is 0.562. The molecule has 0 spiro atoms. The van der Waals surface area contributed by atoms with E-state index in [2.05, 4.69) is 6.07 Å². The van der Waals surface area contributed by atoms with Crippen molar-refractivity contribution in [3.8, 4) is 0 Å². The maximum absolute atomic E-state index is 9.19. The van der Waals surface area contributed by atoms with E-state index in [9.17, 15) is 10.0 Å². The maximum Gasteiger partial charge on any atom is 0.499 e. The Balaban J connectivity index is 2.17. The van der Waals surface area contributed by atoms with Crippen LogP contribution < -0.4 is 4.78 Å². The monoisotopic (exact) mass is 210 g/mol. The smallest absolute Gasteiger partial charge is 0.423 e. The first kappa shape index (κ1) is 10.2. The van der Waals surface area contributed by atoms with Crippen molar-refractivity contribution < 1.29 is 10.0 Å². The molecule has 2 N–H and O–H groups in total. The zero-order valence-corrected chi connectivity index (χ0v) is 8.96. The van der Waals surface area contributed by atoms with Gasteiger partial charge in [0.2, 0.25) is 0 Å². The molecule has 4 heteroatoms. The molecule has 1 saturated carbocycles. The van der Waals surface area contributed by atoms with Gasteiger partial charge in [0.15, 0.2) is 0 Å². The van der Waals surface area contributed by atoms with Crippen molar-refractivity contribution in [2.75, 3.05) is 0 Å². The third-order valence-corrected chi connectivity index (χ3v) is 3.98. The van der Waals surface area contributed by atoms with E-state index in [-0.39, 0.29) is 0 Å². The third kappa shape index (κ3) is 2.02. The molecular weight excluding hydrogens is 195 g/mol. The van der Waals surface area contributed by atoms with E-state index in [1.165, 1.54) is 49.0 Å². The first-order valence-electron chi connectivity index (χ1n) is 5.22. The van der Waals surface area contributed by atoms with Gasteiger partial charge in [0.25, 0.3) is 0 Å². The van der Waals surface area contributed by atoms with E-state index in [4.69, 9.17) is 0 Å². The standard InChI is InChI=1S/C10H15BO2S/c12-11(13)10-9(6-7-14-10)8-4-2-1-3-5-8/h6-8,12-13H,1-5H2. The van der Waals surface area contributed by atoms with Crippen molar-refractivity contribution in [3.63, 3.8) is 0 Å². The Kier molecular flexibility index (Phi) is 3.26. The fourth-order valence-electron chi connectivity index (χ4n) is 2.29. The molecule has 1 aromatic heterocycles. The second-order valence-electron chi connectivity index (χ2n) is 3.95. The van der Waals surface area contributed by atoms with Crippen LogP contribution >= 0.6 is 11.3 Å². The third-order valence-electron chi connectivity index (χ3n) is 3.01. The Labute approximate surface area is 88.7 Å². The second kappa shape index (κ2) is 4.47. The Morgan fingerprint density at radius 2 is 1.93 bits per heavy atom. The molecule has 2 nitrogen and oxygen atoms in total. The quantitative estimate of drug-likeness (QED) is 0.725. The maximum atomic E-state index is 9.19. The Hall–Kier alpha value is -0.315. The molecule has 0 atom stereocenters. The van der Waals surface area contributed by atoms with Crippen LogP contribution in [0.15, 0.2) is 11.4 Å². The van der Waals surface area contributed by atoms with Gasteiger partial charge in [-0.15, -0.1) is 0 Å². The van der Waals surface area contributed by atoms with Crippen LogP contribution in [-0.4, -0.2) is 17.2 Å². The van der Waals surface area contributed by atoms with Crippen LogP contribution in [0.5, 0.6) is 0 Å². The normalized spacial score (nSPS) is 18.4. The van der Waals surface area contributed by atoms with Crippen LogP contribution in [0.4, 0.5) is 0 Å². The van der Waals surface area contributed by atoms with Crippen LogP contribution in [0, 0.1) is 0 Å². The number of hydrogen-bond donors (Lipinski definition) is 2. The van der Waals surface area contributed by atoms with Crippen LogP contribution in [-0.2, 0) is 0 Å². The van der Waals surface area contributed by atoms with E-state index in [1.807, 2.05) is 5.38 Å². The lowest BCUT2D eigenvalue weighted by Gasteiger charge is -2.22. The van der Waals surface area contributed by atoms with Gasteiger partial charge in [-0.1, -0.05) is 19.3 Å². The lowest BCUT2D eigenvalue weighted by Crippen LogP contribution is -2.31. The summed E-state index contributed by atoms with van der Waals surface area (Å²) in [6.07, 6.45) is 6.30. The predicted octanol–water partition coefficient (Wildman–Crippen LogP) is 1.48. The van der Waals surface area contributed by atoms with E-state index < -0.39 is 7.12 Å². The topological polar surface area (TPSA) is 40.5 Å². The molecule has 1 aromatic rings. The Morgan fingerprint density at radius 3 is 2.57 bits per heavy atom. The highest BCUT2D eigenvalue weighted by atomic mass is 32.1. The average Bonchev–Trinajstić information content (AvgIpc) is 2.67. The van der Waals surface area contributed by atoms with Crippen LogP contribution in [0.1, 0.15) is 43.6 Å². The van der Waals surface area contributed by atoms with Crippen molar-refractivity contribution in [2.45, 2.75) is 38.0 Å². The highest BCUT2D eigenvalue weighted by Crippen LogP contribution is 2.32. The molecule has 1 aliphatic carbocycles. The van der Waals surface area contributed by atoms with Crippen molar-refractivity contribution in [3.05, 3.63) is 17.0 Å². The summed E-state index contributed by atoms with van der Waals surface area (Å²) in [6.45, 7) is 0. The number of hydrogen-bond acceptors (Lipinski definition) is 3. The van der Waals surface area contributed by atoms with Gasteiger partial charge in [-0.05, 0) is 35.8 Å². The molecule has 1 heterocycles. The summed E-state index contributed by atoms with van der Waals surface area (Å²) >= 11 is 1.45. The van der Waals surface area contributed by atoms with Gasteiger partial charge in [-0.2, -0.15) is 11.3 Å². The van der Waals surface area contributed by atoms with Crippen LogP contribution in [0.3, 0.4) is 0 Å². The van der Waals surface area contributed by atoms with Crippen molar-refractivity contribution in [1.29, 1.82) is 0 Å². The van der Waals surface area contributed by atoms with Crippen LogP contribution in [0.2, 0.25) is 0 Å². The molecule has 2 rings (SSSR count). The first-order valence-corrected chi connectivity index (χ1v) is 6.10. The zero-order valence-electron chi connectivity index (χ0n) is 8.15. The van der Waals surface area contributed by atoms with Gasteiger partial charge in [0.05, 0.1) is 0 Å². The minimum Gasteiger partial charge on any atom is -0.423 e. The summed E-state index contributed by atoms with van der Waals surface area (Å²) in [5.41, 5.74) is 1.17. The largest absolute Gasteiger partial charge is 0.499 e. The van der Waals surface area contributed by atoms with E-state index >= 15 is 0 Å². The van der Waals surface area contributed by atoms with E-state index in [0.717, 1.165) is 4.78 Å². The molecule has 0 aromatic carbocycles. The van der Waals surface area contributed by atoms with Gasteiger partial charge in [-0.25, -0.2) is 0 Å². The summed E-state index contributed by atoms with van der Waals surface area (Å²) in [5.74, 6) is 0.562. The summed E-state index contributed by atoms with van der Waals surface area (Å²) in [5, 5.41) is 20.3. The summed E-state index contributed by atoms with van der Waals surface area (Å²) in [4.78, 5) is 0. The molecule has 1 fully saturated rings. The molecule has 0 unspecified atom stereocenters. The van der Waals surface area contributed by atoms with Gasteiger partial charge < -0.3 is 10.0 Å². The van der Waals surface area contributed by atoms with Crippen molar-refractivity contribution in [1.82, 2.24) is 0 Å². The van der Waals surface area contributed by atoms with Gasteiger partial charge in [-0.3, -0.25) is 0 Å². The lowest BCUT2D eigenvalue weighted by molar-refractivity contribution is 0.421. The fourth-order valence-corrected chi connectivity index (χ4v) is 3.15. The molecule has 0 bridgehead atoms. The first-order chi connectivity index (χ1) is 6.79. The number of thiophene rings is 1. The summed E-state index contributed by atoms with van der Waals surface area (Å²) in [7, 11) is -1.29. The van der Waals surface area contributed by atoms with E-state index in [1.54, 1.807) is 0 Å². The van der Waals surface area contributed by atoms with Crippen molar-refractivity contribution in [2.24, 2.45) is 0 Å². The molecule has 14 heavy (non-hydrogen) atoms. The van der Waals surface area contributed by atoms with Gasteiger partial charge >= 0.3 is 7.12 Å². The molecule has 1 aliphatic rings. The summed E-state index contributed by atoms with van der Waals surface area (Å²) < 4.78 is 0.747. The Bertz CT molecular complexity index is 292. The molecule has 0 aliphatic heterocycles. The van der Waals surface area contributed by atoms with E-state index in [0.29, 0.717) is 5.92 Å². The highest BCUT2D eigenvalue weighted by Gasteiger charge is 2.24. The molecule has 76 valence electrons. The molecule has 0 saturated heterocycles. The second-order valence-corrected chi connectivity index (χ2v) is 4.90.